The number of rotatable bonds is 4. The molecule has 1 atom stereocenters. The smallest absolute Gasteiger partial charge is 0.321 e. The summed E-state index contributed by atoms with van der Waals surface area (Å²) in [5, 5.41) is 13.3. The van der Waals surface area contributed by atoms with Crippen molar-refractivity contribution in [2.24, 2.45) is 5.92 Å². The molecular weight excluding hydrogens is 340 g/mol. The third-order valence-corrected chi connectivity index (χ3v) is 5.22. The highest BCUT2D eigenvalue weighted by atomic mass is 16.5. The minimum absolute atomic E-state index is 0.0973. The van der Waals surface area contributed by atoms with Gasteiger partial charge in [-0.05, 0) is 62.1 Å². The molecule has 27 heavy (non-hydrogen) atoms. The van der Waals surface area contributed by atoms with Gasteiger partial charge in [0.25, 0.3) is 0 Å². The molecule has 1 unspecified atom stereocenters. The lowest BCUT2D eigenvalue weighted by Gasteiger charge is -2.38. The average Bonchev–Trinajstić information content (AvgIpc) is 2.67. The first-order chi connectivity index (χ1) is 12.9. The first-order valence-corrected chi connectivity index (χ1v) is 9.39. The lowest BCUT2D eigenvalue weighted by molar-refractivity contribution is -0.00973. The van der Waals surface area contributed by atoms with Gasteiger partial charge in [0.15, 0.2) is 0 Å². The zero-order chi connectivity index (χ0) is 19.4. The summed E-state index contributed by atoms with van der Waals surface area (Å²) < 4.78 is 5.29. The monoisotopic (exact) mass is 368 g/mol. The number of likely N-dealkylation sites (tertiary alicyclic amines) is 1. The van der Waals surface area contributed by atoms with Crippen LogP contribution in [0.15, 0.2) is 48.5 Å². The Balaban J connectivity index is 1.71. The van der Waals surface area contributed by atoms with E-state index in [1.54, 1.807) is 12.0 Å². The number of piperidine rings is 1. The number of anilines is 1. The van der Waals surface area contributed by atoms with Crippen LogP contribution in [0.3, 0.4) is 0 Å². The zero-order valence-electron chi connectivity index (χ0n) is 16.2. The molecule has 0 aliphatic carbocycles. The van der Waals surface area contributed by atoms with Crippen LogP contribution < -0.4 is 10.1 Å². The molecule has 2 N–H and O–H groups in total. The number of hydrogen-bond acceptors (Lipinski definition) is 3. The number of aliphatic hydroxyl groups is 1. The molecule has 3 rings (SSSR count). The molecule has 1 heterocycles. The second kappa shape index (κ2) is 8.01. The van der Waals surface area contributed by atoms with Gasteiger partial charge in [0.05, 0.1) is 12.7 Å². The molecule has 0 aromatic heterocycles. The van der Waals surface area contributed by atoms with Crippen LogP contribution in [0.4, 0.5) is 10.5 Å². The minimum Gasteiger partial charge on any atom is -0.497 e. The van der Waals surface area contributed by atoms with Crippen LogP contribution in [0.25, 0.3) is 11.1 Å². The van der Waals surface area contributed by atoms with Gasteiger partial charge >= 0.3 is 6.03 Å². The Morgan fingerprint density at radius 2 is 1.89 bits per heavy atom. The summed E-state index contributed by atoms with van der Waals surface area (Å²) in [6, 6.07) is 15.5. The number of carbonyl (C=O) groups is 1. The van der Waals surface area contributed by atoms with E-state index in [9.17, 15) is 9.90 Å². The summed E-state index contributed by atoms with van der Waals surface area (Å²) in [6.07, 6.45) is 1.85. The van der Waals surface area contributed by atoms with Crippen molar-refractivity contribution in [3.05, 3.63) is 48.5 Å². The average molecular weight is 368 g/mol. The van der Waals surface area contributed by atoms with Gasteiger partial charge in [0.2, 0.25) is 0 Å². The highest BCUT2D eigenvalue weighted by Gasteiger charge is 2.33. The van der Waals surface area contributed by atoms with Crippen molar-refractivity contribution in [2.45, 2.75) is 32.3 Å². The molecule has 2 amide bonds. The van der Waals surface area contributed by atoms with Crippen LogP contribution in [-0.2, 0) is 0 Å². The quantitative estimate of drug-likeness (QED) is 0.842. The van der Waals surface area contributed by atoms with Gasteiger partial charge in [-0.2, -0.15) is 0 Å². The number of amides is 2. The van der Waals surface area contributed by atoms with Crippen molar-refractivity contribution < 1.29 is 14.6 Å². The standard InChI is InChI=1S/C22H28N2O3/c1-22(2,26)18-9-6-12-24(15-18)21(25)23-19-10-4-7-16(13-19)17-8-5-11-20(14-17)27-3/h4-5,7-8,10-11,13-14,18,26H,6,9,12,15H2,1-3H3,(H,23,25). The van der Waals surface area contributed by atoms with Gasteiger partial charge in [-0.15, -0.1) is 0 Å². The number of carbonyl (C=O) groups excluding carboxylic acids is 1. The minimum atomic E-state index is -0.773. The van der Waals surface area contributed by atoms with E-state index in [0.717, 1.165) is 35.4 Å². The van der Waals surface area contributed by atoms with E-state index >= 15 is 0 Å². The van der Waals surface area contributed by atoms with Crippen molar-refractivity contribution in [3.63, 3.8) is 0 Å². The van der Waals surface area contributed by atoms with Crippen LogP contribution >= 0.6 is 0 Å². The van der Waals surface area contributed by atoms with Gasteiger partial charge in [-0.3, -0.25) is 0 Å². The highest BCUT2D eigenvalue weighted by molar-refractivity contribution is 5.90. The maximum Gasteiger partial charge on any atom is 0.321 e. The Labute approximate surface area is 161 Å². The Hall–Kier alpha value is -2.53. The van der Waals surface area contributed by atoms with Crippen LogP contribution in [0.2, 0.25) is 0 Å². The summed E-state index contributed by atoms with van der Waals surface area (Å²) in [7, 11) is 1.65. The molecular formula is C22H28N2O3. The van der Waals surface area contributed by atoms with Gasteiger partial charge in [-0.25, -0.2) is 4.79 Å². The van der Waals surface area contributed by atoms with Crippen LogP contribution in [-0.4, -0.2) is 41.8 Å². The van der Waals surface area contributed by atoms with Crippen LogP contribution in [0.5, 0.6) is 5.75 Å². The number of nitrogens with one attached hydrogen (secondary N) is 1. The van der Waals surface area contributed by atoms with Crippen LogP contribution in [0, 0.1) is 5.92 Å². The Kier molecular flexibility index (Phi) is 5.71. The van der Waals surface area contributed by atoms with Crippen molar-refractivity contribution in [2.75, 3.05) is 25.5 Å². The van der Waals surface area contributed by atoms with E-state index in [1.165, 1.54) is 0 Å². The molecule has 144 valence electrons. The van der Waals surface area contributed by atoms with Crippen molar-refractivity contribution in [1.29, 1.82) is 0 Å². The fourth-order valence-corrected chi connectivity index (χ4v) is 3.52. The lowest BCUT2D eigenvalue weighted by atomic mass is 9.84. The molecule has 5 heteroatoms. The summed E-state index contributed by atoms with van der Waals surface area (Å²) >= 11 is 0. The van der Waals surface area contributed by atoms with Gasteiger partial charge < -0.3 is 20.1 Å². The summed E-state index contributed by atoms with van der Waals surface area (Å²) in [6.45, 7) is 4.92. The fraction of sp³-hybridized carbons (Fsp3) is 0.409. The fourth-order valence-electron chi connectivity index (χ4n) is 3.52. The number of benzene rings is 2. The lowest BCUT2D eigenvalue weighted by Crippen LogP contribution is -2.48. The van der Waals surface area contributed by atoms with Gasteiger partial charge in [0.1, 0.15) is 5.75 Å². The van der Waals surface area contributed by atoms with E-state index in [2.05, 4.69) is 5.32 Å². The third-order valence-electron chi connectivity index (χ3n) is 5.22. The summed E-state index contributed by atoms with van der Waals surface area (Å²) in [5.41, 5.74) is 2.03. The van der Waals surface area contributed by atoms with Crippen LogP contribution in [0.1, 0.15) is 26.7 Å². The normalized spacial score (nSPS) is 17.5. The molecule has 0 spiro atoms. The molecule has 0 radical (unpaired) electrons. The second-order valence-corrected chi connectivity index (χ2v) is 7.68. The summed E-state index contributed by atoms with van der Waals surface area (Å²) in [5.74, 6) is 0.896. The summed E-state index contributed by atoms with van der Waals surface area (Å²) in [4.78, 5) is 14.5. The number of methoxy groups -OCH3 is 1. The number of ether oxygens (including phenoxy) is 1. The molecule has 2 aromatic rings. The number of hydrogen-bond donors (Lipinski definition) is 2. The van der Waals surface area contributed by atoms with Crippen molar-refractivity contribution >= 4 is 11.7 Å². The second-order valence-electron chi connectivity index (χ2n) is 7.68. The molecule has 1 fully saturated rings. The highest BCUT2D eigenvalue weighted by Crippen LogP contribution is 2.28. The predicted octanol–water partition coefficient (Wildman–Crippen LogP) is 4.38. The molecule has 5 nitrogen and oxygen atoms in total. The number of nitrogens with zero attached hydrogens (tertiary/aromatic N) is 1. The Bertz CT molecular complexity index is 798. The molecule has 2 aromatic carbocycles. The first-order valence-electron chi connectivity index (χ1n) is 9.39. The third kappa shape index (κ3) is 4.80. The molecule has 1 saturated heterocycles. The molecule has 1 aliphatic rings. The molecule has 0 saturated carbocycles. The predicted molar refractivity (Wildman–Crippen MR) is 108 cm³/mol. The van der Waals surface area contributed by atoms with Gasteiger partial charge in [0, 0.05) is 24.7 Å². The Morgan fingerprint density at radius 1 is 1.19 bits per heavy atom. The number of urea groups is 1. The molecule has 1 aliphatic heterocycles. The van der Waals surface area contributed by atoms with Gasteiger partial charge in [-0.1, -0.05) is 24.3 Å². The van der Waals surface area contributed by atoms with E-state index in [4.69, 9.17) is 4.74 Å². The molecule has 0 bridgehead atoms. The maximum atomic E-state index is 12.7. The van der Waals surface area contributed by atoms with E-state index in [-0.39, 0.29) is 11.9 Å². The Morgan fingerprint density at radius 3 is 2.59 bits per heavy atom. The van der Waals surface area contributed by atoms with E-state index < -0.39 is 5.60 Å². The van der Waals surface area contributed by atoms with Crippen molar-refractivity contribution in [1.82, 2.24) is 4.90 Å². The first kappa shape index (κ1) is 19.2. The van der Waals surface area contributed by atoms with E-state index in [1.807, 2.05) is 62.4 Å². The van der Waals surface area contributed by atoms with E-state index in [0.29, 0.717) is 13.1 Å². The largest absolute Gasteiger partial charge is 0.497 e. The van der Waals surface area contributed by atoms with Crippen molar-refractivity contribution in [3.8, 4) is 16.9 Å². The maximum absolute atomic E-state index is 12.7. The topological polar surface area (TPSA) is 61.8 Å². The SMILES string of the molecule is COc1cccc(-c2cccc(NC(=O)N3CCCC(C(C)(C)O)C3)c2)c1. The zero-order valence-corrected chi connectivity index (χ0v) is 16.2.